The summed E-state index contributed by atoms with van der Waals surface area (Å²) >= 11 is 1.41. The first-order valence-corrected chi connectivity index (χ1v) is 8.79. The minimum Gasteiger partial charge on any atom is -0.338 e. The van der Waals surface area contributed by atoms with Crippen LogP contribution >= 0.6 is 11.3 Å². The van der Waals surface area contributed by atoms with Crippen LogP contribution in [0.15, 0.2) is 60.4 Å². The molecule has 0 bridgehead atoms. The van der Waals surface area contributed by atoms with E-state index in [1.165, 1.54) is 22.3 Å². The van der Waals surface area contributed by atoms with Gasteiger partial charge >= 0.3 is 0 Å². The topological polar surface area (TPSA) is 59.8 Å². The minimum atomic E-state index is -0.0916. The molecule has 0 spiro atoms. The molecule has 1 aromatic carbocycles. The van der Waals surface area contributed by atoms with E-state index in [4.69, 9.17) is 0 Å². The lowest BCUT2D eigenvalue weighted by molar-refractivity contribution is -0.116. The number of benzene rings is 1. The highest BCUT2D eigenvalue weighted by Crippen LogP contribution is 2.24. The SMILES string of the molecule is Cc1cccc2c1ccn2CC(=O)Nc1nc(-c2cccnc2)cs1. The molecule has 4 aromatic rings. The number of carbonyl (C=O) groups is 1. The number of nitrogens with zero attached hydrogens (tertiary/aromatic N) is 3. The summed E-state index contributed by atoms with van der Waals surface area (Å²) in [5.74, 6) is -0.0916. The van der Waals surface area contributed by atoms with Gasteiger partial charge in [-0.3, -0.25) is 9.78 Å². The van der Waals surface area contributed by atoms with Gasteiger partial charge in [0.1, 0.15) is 6.54 Å². The van der Waals surface area contributed by atoms with Crippen molar-refractivity contribution >= 4 is 33.3 Å². The number of amides is 1. The second-order valence-electron chi connectivity index (χ2n) is 5.78. The van der Waals surface area contributed by atoms with E-state index in [-0.39, 0.29) is 12.5 Å². The van der Waals surface area contributed by atoms with Gasteiger partial charge in [0, 0.05) is 40.4 Å². The highest BCUT2D eigenvalue weighted by atomic mass is 32.1. The number of aromatic nitrogens is 3. The van der Waals surface area contributed by atoms with Crippen LogP contribution in [0.1, 0.15) is 5.56 Å². The molecule has 6 heteroatoms. The Balaban J connectivity index is 1.49. The summed E-state index contributed by atoms with van der Waals surface area (Å²) in [6.45, 7) is 2.33. The van der Waals surface area contributed by atoms with Crippen LogP contribution in [-0.4, -0.2) is 20.4 Å². The number of thiazole rings is 1. The van der Waals surface area contributed by atoms with Crippen LogP contribution in [0, 0.1) is 6.92 Å². The lowest BCUT2D eigenvalue weighted by Gasteiger charge is -2.06. The molecule has 0 atom stereocenters. The first-order chi connectivity index (χ1) is 12.2. The molecule has 0 saturated heterocycles. The number of hydrogen-bond acceptors (Lipinski definition) is 4. The number of rotatable bonds is 4. The molecule has 3 aromatic heterocycles. The predicted molar refractivity (Wildman–Crippen MR) is 101 cm³/mol. The van der Waals surface area contributed by atoms with Gasteiger partial charge in [0.05, 0.1) is 5.69 Å². The maximum atomic E-state index is 12.4. The van der Waals surface area contributed by atoms with Crippen molar-refractivity contribution in [1.82, 2.24) is 14.5 Å². The Morgan fingerprint density at radius 2 is 2.16 bits per heavy atom. The standard InChI is InChI=1S/C19H16N4OS/c1-13-4-2-6-17-15(13)7-9-23(17)11-18(24)22-19-21-16(12-25-19)14-5-3-8-20-10-14/h2-10,12H,11H2,1H3,(H,21,22,24). The third-order valence-corrected chi connectivity index (χ3v) is 4.81. The number of pyridine rings is 1. The van der Waals surface area contributed by atoms with Crippen molar-refractivity contribution in [2.45, 2.75) is 13.5 Å². The fraction of sp³-hybridized carbons (Fsp3) is 0.105. The first kappa shape index (κ1) is 15.5. The number of fused-ring (bicyclic) bond motifs is 1. The highest BCUT2D eigenvalue weighted by molar-refractivity contribution is 7.14. The second-order valence-corrected chi connectivity index (χ2v) is 6.64. The molecule has 3 heterocycles. The number of anilines is 1. The highest BCUT2D eigenvalue weighted by Gasteiger charge is 2.10. The van der Waals surface area contributed by atoms with Crippen LogP contribution in [0.5, 0.6) is 0 Å². The summed E-state index contributed by atoms with van der Waals surface area (Å²) in [5.41, 5.74) is 4.02. The summed E-state index contributed by atoms with van der Waals surface area (Å²) in [5, 5.41) is 6.56. The lowest BCUT2D eigenvalue weighted by Crippen LogP contribution is -2.18. The zero-order valence-electron chi connectivity index (χ0n) is 13.6. The Kier molecular flexibility index (Phi) is 4.03. The van der Waals surface area contributed by atoms with Gasteiger partial charge in [0.25, 0.3) is 0 Å². The molecule has 124 valence electrons. The zero-order chi connectivity index (χ0) is 17.2. The molecule has 0 aliphatic carbocycles. The summed E-state index contributed by atoms with van der Waals surface area (Å²) in [4.78, 5) is 20.9. The molecule has 5 nitrogen and oxygen atoms in total. The molecule has 0 unspecified atom stereocenters. The summed E-state index contributed by atoms with van der Waals surface area (Å²) < 4.78 is 1.95. The van der Waals surface area contributed by atoms with Crippen LogP contribution in [0.3, 0.4) is 0 Å². The zero-order valence-corrected chi connectivity index (χ0v) is 14.5. The fourth-order valence-corrected chi connectivity index (χ4v) is 3.54. The lowest BCUT2D eigenvalue weighted by atomic mass is 10.1. The van der Waals surface area contributed by atoms with Crippen LogP contribution in [-0.2, 0) is 11.3 Å². The summed E-state index contributed by atoms with van der Waals surface area (Å²) in [6.07, 6.45) is 5.43. The number of hydrogen-bond donors (Lipinski definition) is 1. The smallest absolute Gasteiger partial charge is 0.246 e. The van der Waals surface area contributed by atoms with Crippen molar-refractivity contribution in [2.24, 2.45) is 0 Å². The third-order valence-electron chi connectivity index (χ3n) is 4.05. The second kappa shape index (κ2) is 6.49. The maximum absolute atomic E-state index is 12.4. The van der Waals surface area contributed by atoms with Crippen LogP contribution in [0.25, 0.3) is 22.2 Å². The normalized spacial score (nSPS) is 10.9. The van der Waals surface area contributed by atoms with E-state index in [0.717, 1.165) is 16.8 Å². The van der Waals surface area contributed by atoms with Gasteiger partial charge in [0.15, 0.2) is 5.13 Å². The molecule has 0 aliphatic rings. The van der Waals surface area contributed by atoms with E-state index in [2.05, 4.69) is 28.3 Å². The molecule has 0 saturated carbocycles. The Labute approximate surface area is 149 Å². The monoisotopic (exact) mass is 348 g/mol. The van der Waals surface area contributed by atoms with E-state index in [9.17, 15) is 4.79 Å². The van der Waals surface area contributed by atoms with E-state index in [1.807, 2.05) is 46.5 Å². The Morgan fingerprint density at radius 1 is 1.24 bits per heavy atom. The van der Waals surface area contributed by atoms with Crippen LogP contribution in [0.4, 0.5) is 5.13 Å². The van der Waals surface area contributed by atoms with Crippen LogP contribution in [0.2, 0.25) is 0 Å². The van der Waals surface area contributed by atoms with E-state index in [0.29, 0.717) is 5.13 Å². The van der Waals surface area contributed by atoms with Crippen molar-refractivity contribution in [3.05, 3.63) is 65.9 Å². The van der Waals surface area contributed by atoms with Crippen molar-refractivity contribution in [3.63, 3.8) is 0 Å². The average Bonchev–Trinajstić information content (AvgIpc) is 3.24. The van der Waals surface area contributed by atoms with Gasteiger partial charge in [-0.2, -0.15) is 0 Å². The Morgan fingerprint density at radius 3 is 3.00 bits per heavy atom. The molecule has 25 heavy (non-hydrogen) atoms. The Bertz CT molecular complexity index is 1040. The maximum Gasteiger partial charge on any atom is 0.246 e. The van der Waals surface area contributed by atoms with Crippen molar-refractivity contribution in [1.29, 1.82) is 0 Å². The molecule has 1 N–H and O–H groups in total. The minimum absolute atomic E-state index is 0.0916. The molecule has 4 rings (SSSR count). The molecule has 0 radical (unpaired) electrons. The van der Waals surface area contributed by atoms with Gasteiger partial charge in [-0.15, -0.1) is 11.3 Å². The summed E-state index contributed by atoms with van der Waals surface area (Å²) in [7, 11) is 0. The number of carbonyl (C=O) groups excluding carboxylic acids is 1. The average molecular weight is 348 g/mol. The molecular weight excluding hydrogens is 332 g/mol. The first-order valence-electron chi connectivity index (χ1n) is 7.91. The predicted octanol–water partition coefficient (Wildman–Crippen LogP) is 4.11. The third kappa shape index (κ3) is 3.16. The van der Waals surface area contributed by atoms with Crippen molar-refractivity contribution in [3.8, 4) is 11.3 Å². The Hall–Kier alpha value is -2.99. The number of nitrogens with one attached hydrogen (secondary N) is 1. The largest absolute Gasteiger partial charge is 0.338 e. The van der Waals surface area contributed by atoms with Gasteiger partial charge in [-0.05, 0) is 36.8 Å². The van der Waals surface area contributed by atoms with Gasteiger partial charge in [0.2, 0.25) is 5.91 Å². The fourth-order valence-electron chi connectivity index (χ4n) is 2.81. The molecule has 0 fully saturated rings. The summed E-state index contributed by atoms with van der Waals surface area (Å²) in [6, 6.07) is 12.0. The molecule has 1 amide bonds. The van der Waals surface area contributed by atoms with Crippen molar-refractivity contribution in [2.75, 3.05) is 5.32 Å². The van der Waals surface area contributed by atoms with E-state index in [1.54, 1.807) is 12.4 Å². The van der Waals surface area contributed by atoms with E-state index < -0.39 is 0 Å². The van der Waals surface area contributed by atoms with Gasteiger partial charge in [-0.1, -0.05) is 12.1 Å². The quantitative estimate of drug-likeness (QED) is 0.604. The van der Waals surface area contributed by atoms with Crippen molar-refractivity contribution < 1.29 is 4.79 Å². The van der Waals surface area contributed by atoms with E-state index >= 15 is 0 Å². The van der Waals surface area contributed by atoms with Gasteiger partial charge < -0.3 is 9.88 Å². The van der Waals surface area contributed by atoms with Gasteiger partial charge in [-0.25, -0.2) is 4.98 Å². The molecular formula is C19H16N4OS. The molecule has 0 aliphatic heterocycles. The van der Waals surface area contributed by atoms with Crippen LogP contribution < -0.4 is 5.32 Å². The number of aryl methyl sites for hydroxylation is 1.